The summed E-state index contributed by atoms with van der Waals surface area (Å²) in [4.78, 5) is 0. The van der Waals surface area contributed by atoms with Gasteiger partial charge in [-0.2, -0.15) is 0 Å². The standard InChI is InChI=1S/C11H14BrNO2S/c12-10-3-1-2-9(6-10)7-11-8-13-4-5-16(11,14)15/h1-3,6,11,13H,4-5,7-8H2. The van der Waals surface area contributed by atoms with Crippen molar-refractivity contribution in [3.63, 3.8) is 0 Å². The first-order valence-corrected chi connectivity index (χ1v) is 7.75. The Balaban J connectivity index is 2.15. The molecule has 5 heteroatoms. The van der Waals surface area contributed by atoms with Crippen LogP contribution in [0.25, 0.3) is 0 Å². The molecule has 0 aliphatic carbocycles. The Morgan fingerprint density at radius 2 is 2.25 bits per heavy atom. The molecular weight excluding hydrogens is 290 g/mol. The average molecular weight is 304 g/mol. The van der Waals surface area contributed by atoms with E-state index in [1.54, 1.807) is 0 Å². The second-order valence-electron chi connectivity index (χ2n) is 4.03. The fourth-order valence-electron chi connectivity index (χ4n) is 1.90. The zero-order valence-corrected chi connectivity index (χ0v) is 11.2. The van der Waals surface area contributed by atoms with Gasteiger partial charge in [0.1, 0.15) is 0 Å². The van der Waals surface area contributed by atoms with Crippen molar-refractivity contribution in [3.8, 4) is 0 Å². The minimum absolute atomic E-state index is 0.256. The summed E-state index contributed by atoms with van der Waals surface area (Å²) in [6.07, 6.45) is 0.592. The molecule has 1 aromatic carbocycles. The highest BCUT2D eigenvalue weighted by Crippen LogP contribution is 2.17. The number of hydrogen-bond donors (Lipinski definition) is 1. The minimum Gasteiger partial charge on any atom is -0.314 e. The Bertz CT molecular complexity index is 473. The number of halogens is 1. The summed E-state index contributed by atoms with van der Waals surface area (Å²) in [5.74, 6) is 0.256. The van der Waals surface area contributed by atoms with E-state index < -0.39 is 9.84 Å². The molecular formula is C11H14BrNO2S. The molecule has 1 heterocycles. The first-order valence-electron chi connectivity index (χ1n) is 5.25. The summed E-state index contributed by atoms with van der Waals surface area (Å²) in [5.41, 5.74) is 1.06. The van der Waals surface area contributed by atoms with Gasteiger partial charge in [-0.25, -0.2) is 8.42 Å². The Labute approximate surface area is 104 Å². The molecule has 1 N–H and O–H groups in total. The van der Waals surface area contributed by atoms with E-state index in [2.05, 4.69) is 21.2 Å². The van der Waals surface area contributed by atoms with E-state index in [-0.39, 0.29) is 11.0 Å². The Kier molecular flexibility index (Phi) is 3.66. The molecule has 0 spiro atoms. The van der Waals surface area contributed by atoms with Crippen LogP contribution >= 0.6 is 15.9 Å². The molecule has 1 aliphatic heterocycles. The molecule has 16 heavy (non-hydrogen) atoms. The molecule has 0 aromatic heterocycles. The lowest BCUT2D eigenvalue weighted by atomic mass is 10.1. The van der Waals surface area contributed by atoms with Crippen molar-refractivity contribution in [3.05, 3.63) is 34.3 Å². The Morgan fingerprint density at radius 3 is 2.94 bits per heavy atom. The second kappa shape index (κ2) is 4.85. The van der Waals surface area contributed by atoms with Gasteiger partial charge in [0.2, 0.25) is 0 Å². The van der Waals surface area contributed by atoms with Gasteiger partial charge in [0, 0.05) is 17.6 Å². The van der Waals surface area contributed by atoms with Gasteiger partial charge in [-0.15, -0.1) is 0 Å². The molecule has 1 fully saturated rings. The maximum atomic E-state index is 11.8. The van der Waals surface area contributed by atoms with Gasteiger partial charge < -0.3 is 5.32 Å². The summed E-state index contributed by atoms with van der Waals surface area (Å²) < 4.78 is 24.6. The molecule has 0 bridgehead atoms. The van der Waals surface area contributed by atoms with E-state index in [1.807, 2.05) is 24.3 Å². The van der Waals surface area contributed by atoms with Crippen LogP contribution in [0.3, 0.4) is 0 Å². The highest BCUT2D eigenvalue weighted by atomic mass is 79.9. The van der Waals surface area contributed by atoms with E-state index in [1.165, 1.54) is 0 Å². The van der Waals surface area contributed by atoms with Gasteiger partial charge in [0.05, 0.1) is 11.0 Å². The Morgan fingerprint density at radius 1 is 1.44 bits per heavy atom. The number of sulfone groups is 1. The summed E-state index contributed by atoms with van der Waals surface area (Å²) in [7, 11) is -2.91. The molecule has 1 saturated heterocycles. The number of benzene rings is 1. The number of hydrogen-bond acceptors (Lipinski definition) is 3. The molecule has 0 radical (unpaired) electrons. The van der Waals surface area contributed by atoms with Crippen LogP contribution in [-0.4, -0.2) is 32.5 Å². The lowest BCUT2D eigenvalue weighted by Gasteiger charge is -2.23. The fraction of sp³-hybridized carbons (Fsp3) is 0.455. The highest BCUT2D eigenvalue weighted by Gasteiger charge is 2.28. The van der Waals surface area contributed by atoms with Crippen LogP contribution in [0.4, 0.5) is 0 Å². The monoisotopic (exact) mass is 303 g/mol. The zero-order chi connectivity index (χ0) is 11.6. The van der Waals surface area contributed by atoms with Crippen molar-refractivity contribution < 1.29 is 8.42 Å². The van der Waals surface area contributed by atoms with Crippen molar-refractivity contribution in [2.75, 3.05) is 18.8 Å². The molecule has 1 aromatic rings. The molecule has 3 nitrogen and oxygen atoms in total. The zero-order valence-electron chi connectivity index (χ0n) is 8.82. The van der Waals surface area contributed by atoms with Crippen LogP contribution in [0.15, 0.2) is 28.7 Å². The van der Waals surface area contributed by atoms with Crippen LogP contribution in [0.5, 0.6) is 0 Å². The molecule has 88 valence electrons. The maximum Gasteiger partial charge on any atom is 0.155 e. The van der Waals surface area contributed by atoms with Gasteiger partial charge in [-0.05, 0) is 24.1 Å². The van der Waals surface area contributed by atoms with Crippen molar-refractivity contribution >= 4 is 25.8 Å². The lowest BCUT2D eigenvalue weighted by Crippen LogP contribution is -2.44. The summed E-state index contributed by atoms with van der Waals surface area (Å²) in [5, 5.41) is 2.85. The second-order valence-corrected chi connectivity index (χ2v) is 7.34. The van der Waals surface area contributed by atoms with Crippen LogP contribution in [0, 0.1) is 0 Å². The van der Waals surface area contributed by atoms with Crippen molar-refractivity contribution in [1.29, 1.82) is 0 Å². The van der Waals surface area contributed by atoms with E-state index in [0.717, 1.165) is 10.0 Å². The average Bonchev–Trinajstić information content (AvgIpc) is 2.21. The third kappa shape index (κ3) is 2.84. The van der Waals surface area contributed by atoms with Crippen molar-refractivity contribution in [1.82, 2.24) is 5.32 Å². The largest absolute Gasteiger partial charge is 0.314 e. The topological polar surface area (TPSA) is 46.2 Å². The van der Waals surface area contributed by atoms with E-state index in [4.69, 9.17) is 0 Å². The van der Waals surface area contributed by atoms with Crippen LogP contribution in [-0.2, 0) is 16.3 Å². The van der Waals surface area contributed by atoms with Crippen LogP contribution in [0.1, 0.15) is 5.56 Å². The van der Waals surface area contributed by atoms with Crippen LogP contribution < -0.4 is 5.32 Å². The van der Waals surface area contributed by atoms with E-state index in [9.17, 15) is 8.42 Å². The normalized spacial score (nSPS) is 24.2. The Hall–Kier alpha value is -0.390. The highest BCUT2D eigenvalue weighted by molar-refractivity contribution is 9.10. The van der Waals surface area contributed by atoms with E-state index in [0.29, 0.717) is 19.5 Å². The third-order valence-electron chi connectivity index (χ3n) is 2.80. The summed E-state index contributed by atoms with van der Waals surface area (Å²) in [6.45, 7) is 1.15. The van der Waals surface area contributed by atoms with Crippen molar-refractivity contribution in [2.45, 2.75) is 11.7 Å². The quantitative estimate of drug-likeness (QED) is 0.898. The number of nitrogens with one attached hydrogen (secondary N) is 1. The molecule has 1 aliphatic rings. The van der Waals surface area contributed by atoms with Crippen LogP contribution in [0.2, 0.25) is 0 Å². The van der Waals surface area contributed by atoms with Gasteiger partial charge in [0.15, 0.2) is 9.84 Å². The van der Waals surface area contributed by atoms with E-state index >= 15 is 0 Å². The molecule has 2 rings (SSSR count). The molecule has 1 unspecified atom stereocenters. The molecule has 0 saturated carbocycles. The minimum atomic E-state index is -2.91. The number of rotatable bonds is 2. The van der Waals surface area contributed by atoms with Gasteiger partial charge in [-0.1, -0.05) is 28.1 Å². The van der Waals surface area contributed by atoms with Gasteiger partial charge >= 0.3 is 0 Å². The van der Waals surface area contributed by atoms with Crippen molar-refractivity contribution in [2.24, 2.45) is 0 Å². The van der Waals surface area contributed by atoms with Gasteiger partial charge in [0.25, 0.3) is 0 Å². The predicted molar refractivity (Wildman–Crippen MR) is 68.3 cm³/mol. The first-order chi connectivity index (χ1) is 7.58. The molecule has 0 amide bonds. The SMILES string of the molecule is O=S1(=O)CCNCC1Cc1cccc(Br)c1. The van der Waals surface area contributed by atoms with Gasteiger partial charge in [-0.3, -0.25) is 0 Å². The smallest absolute Gasteiger partial charge is 0.155 e. The maximum absolute atomic E-state index is 11.8. The summed E-state index contributed by atoms with van der Waals surface area (Å²) in [6, 6.07) is 7.82. The first kappa shape index (κ1) is 12.1. The summed E-state index contributed by atoms with van der Waals surface area (Å²) >= 11 is 3.39. The lowest BCUT2D eigenvalue weighted by molar-refractivity contribution is 0.544. The third-order valence-corrected chi connectivity index (χ3v) is 5.41. The molecule has 1 atom stereocenters. The predicted octanol–water partition coefficient (Wildman–Crippen LogP) is 1.38. The fourth-order valence-corrected chi connectivity index (χ4v) is 3.92.